The summed E-state index contributed by atoms with van der Waals surface area (Å²) in [7, 11) is 0. The number of rotatable bonds is 8. The molecule has 31 heavy (non-hydrogen) atoms. The standard InChI is InChI=1S/C24H29N5O2/c1-3-18(4-2)27-22(30)15-29-21(16-7-8-16)12-11-20(24(29)31)26-14-19-10-9-17-6-5-13-25-23(17)28-19/h1,9-12,16,18,26H,4-8,13-15H2,2H3,(H,25,28)(H,27,30). The van der Waals surface area contributed by atoms with Gasteiger partial charge in [-0.05, 0) is 61.8 Å². The van der Waals surface area contributed by atoms with Gasteiger partial charge in [0.15, 0.2) is 0 Å². The summed E-state index contributed by atoms with van der Waals surface area (Å²) in [6.07, 6.45) is 10.3. The van der Waals surface area contributed by atoms with Crippen LogP contribution in [0.3, 0.4) is 0 Å². The number of aryl methyl sites for hydroxylation is 1. The predicted octanol–water partition coefficient (Wildman–Crippen LogP) is 2.62. The molecule has 2 aromatic rings. The normalized spacial score (nSPS) is 15.9. The minimum absolute atomic E-state index is 0.0284. The summed E-state index contributed by atoms with van der Waals surface area (Å²) in [6.45, 7) is 3.26. The van der Waals surface area contributed by atoms with E-state index in [0.717, 1.165) is 49.4 Å². The Morgan fingerprint density at radius 1 is 1.35 bits per heavy atom. The van der Waals surface area contributed by atoms with Gasteiger partial charge < -0.3 is 20.5 Å². The molecule has 1 fully saturated rings. The summed E-state index contributed by atoms with van der Waals surface area (Å²) in [4.78, 5) is 30.4. The van der Waals surface area contributed by atoms with E-state index in [0.29, 0.717) is 24.6 Å². The van der Waals surface area contributed by atoms with Crippen LogP contribution in [0.2, 0.25) is 0 Å². The molecule has 7 nitrogen and oxygen atoms in total. The molecule has 1 saturated carbocycles. The van der Waals surface area contributed by atoms with Gasteiger partial charge in [0.2, 0.25) is 5.91 Å². The largest absolute Gasteiger partial charge is 0.375 e. The van der Waals surface area contributed by atoms with Crippen LogP contribution < -0.4 is 21.5 Å². The van der Waals surface area contributed by atoms with Crippen molar-refractivity contribution in [2.24, 2.45) is 0 Å². The van der Waals surface area contributed by atoms with Crippen LogP contribution >= 0.6 is 0 Å². The Balaban J connectivity index is 1.51. The van der Waals surface area contributed by atoms with Crippen LogP contribution in [-0.2, 0) is 24.3 Å². The molecule has 1 aliphatic heterocycles. The van der Waals surface area contributed by atoms with E-state index in [2.05, 4.69) is 32.9 Å². The van der Waals surface area contributed by atoms with Gasteiger partial charge in [-0.1, -0.05) is 18.9 Å². The van der Waals surface area contributed by atoms with E-state index in [4.69, 9.17) is 6.42 Å². The minimum Gasteiger partial charge on any atom is -0.375 e. The number of terminal acetylenes is 1. The molecule has 0 saturated heterocycles. The molecular weight excluding hydrogens is 390 g/mol. The Morgan fingerprint density at radius 2 is 2.19 bits per heavy atom. The van der Waals surface area contributed by atoms with Crippen LogP contribution in [0, 0.1) is 12.3 Å². The van der Waals surface area contributed by atoms with Crippen molar-refractivity contribution in [3.63, 3.8) is 0 Å². The van der Waals surface area contributed by atoms with Gasteiger partial charge in [0.05, 0.1) is 18.3 Å². The van der Waals surface area contributed by atoms with Gasteiger partial charge in [-0.15, -0.1) is 6.42 Å². The number of hydrogen-bond acceptors (Lipinski definition) is 5. The second kappa shape index (κ2) is 9.25. The van der Waals surface area contributed by atoms with Crippen LogP contribution in [-0.4, -0.2) is 28.0 Å². The van der Waals surface area contributed by atoms with E-state index in [-0.39, 0.29) is 24.1 Å². The zero-order chi connectivity index (χ0) is 21.8. The summed E-state index contributed by atoms with van der Waals surface area (Å²) < 4.78 is 1.58. The Labute approximate surface area is 182 Å². The lowest BCUT2D eigenvalue weighted by molar-refractivity contribution is -0.122. The van der Waals surface area contributed by atoms with Crippen LogP contribution in [0.4, 0.5) is 11.5 Å². The first-order valence-corrected chi connectivity index (χ1v) is 11.0. The molecular formula is C24H29N5O2. The minimum atomic E-state index is -0.322. The number of pyridine rings is 2. The number of aromatic nitrogens is 2. The first-order chi connectivity index (χ1) is 15.1. The van der Waals surface area contributed by atoms with Crippen molar-refractivity contribution in [1.29, 1.82) is 0 Å². The van der Waals surface area contributed by atoms with Crippen LogP contribution in [0.5, 0.6) is 0 Å². The average Bonchev–Trinajstić information content (AvgIpc) is 3.63. The summed E-state index contributed by atoms with van der Waals surface area (Å²) in [6, 6.07) is 7.54. The van der Waals surface area contributed by atoms with E-state index in [1.54, 1.807) is 4.57 Å². The summed E-state index contributed by atoms with van der Waals surface area (Å²) in [5.74, 6) is 3.60. The fraction of sp³-hybridized carbons (Fsp3) is 0.458. The van der Waals surface area contributed by atoms with Crippen molar-refractivity contribution in [1.82, 2.24) is 14.9 Å². The zero-order valence-electron chi connectivity index (χ0n) is 17.9. The second-order valence-electron chi connectivity index (χ2n) is 8.23. The molecule has 1 aliphatic carbocycles. The number of nitrogens with one attached hydrogen (secondary N) is 3. The third-order valence-corrected chi connectivity index (χ3v) is 5.86. The average molecular weight is 420 g/mol. The lowest BCUT2D eigenvalue weighted by Crippen LogP contribution is -2.39. The van der Waals surface area contributed by atoms with Gasteiger partial charge in [0.25, 0.3) is 5.56 Å². The lowest BCUT2D eigenvalue weighted by atomic mass is 10.1. The summed E-state index contributed by atoms with van der Waals surface area (Å²) in [5.41, 5.74) is 3.28. The van der Waals surface area contributed by atoms with Crippen LogP contribution in [0.15, 0.2) is 29.1 Å². The third-order valence-electron chi connectivity index (χ3n) is 5.86. The number of carbonyl (C=O) groups excluding carboxylic acids is 1. The highest BCUT2D eigenvalue weighted by Gasteiger charge is 2.28. The molecule has 3 heterocycles. The molecule has 2 aliphatic rings. The molecule has 0 radical (unpaired) electrons. The van der Waals surface area contributed by atoms with Crippen molar-refractivity contribution >= 4 is 17.4 Å². The van der Waals surface area contributed by atoms with Gasteiger partial charge in [0.1, 0.15) is 18.1 Å². The van der Waals surface area contributed by atoms with E-state index in [1.807, 2.05) is 25.1 Å². The maximum atomic E-state index is 13.2. The Kier molecular flexibility index (Phi) is 6.26. The number of carbonyl (C=O) groups is 1. The summed E-state index contributed by atoms with van der Waals surface area (Å²) >= 11 is 0. The van der Waals surface area contributed by atoms with Crippen molar-refractivity contribution in [2.45, 2.75) is 64.1 Å². The Bertz CT molecular complexity index is 1060. The molecule has 0 aromatic carbocycles. The van der Waals surface area contributed by atoms with Gasteiger partial charge in [-0.3, -0.25) is 9.59 Å². The van der Waals surface area contributed by atoms with Crippen molar-refractivity contribution in [3.05, 3.63) is 51.6 Å². The van der Waals surface area contributed by atoms with E-state index >= 15 is 0 Å². The van der Waals surface area contributed by atoms with Crippen LogP contribution in [0.25, 0.3) is 0 Å². The highest BCUT2D eigenvalue weighted by Crippen LogP contribution is 2.39. The van der Waals surface area contributed by atoms with Crippen molar-refractivity contribution < 1.29 is 4.79 Å². The number of hydrogen-bond donors (Lipinski definition) is 3. The second-order valence-corrected chi connectivity index (χ2v) is 8.23. The van der Waals surface area contributed by atoms with Crippen molar-refractivity contribution in [2.75, 3.05) is 17.2 Å². The number of amides is 1. The number of nitrogens with zero attached hydrogens (tertiary/aromatic N) is 2. The smallest absolute Gasteiger partial charge is 0.274 e. The SMILES string of the molecule is C#CC(CC)NC(=O)Cn1c(C2CC2)ccc(NCc2ccc3c(n2)NCCC3)c1=O. The number of fused-ring (bicyclic) bond motifs is 1. The van der Waals surface area contributed by atoms with E-state index in [1.165, 1.54) is 5.56 Å². The maximum absolute atomic E-state index is 13.2. The molecule has 4 rings (SSSR count). The molecule has 3 N–H and O–H groups in total. The highest BCUT2D eigenvalue weighted by molar-refractivity contribution is 5.76. The van der Waals surface area contributed by atoms with E-state index in [9.17, 15) is 9.59 Å². The Morgan fingerprint density at radius 3 is 2.94 bits per heavy atom. The molecule has 1 atom stereocenters. The predicted molar refractivity (Wildman–Crippen MR) is 122 cm³/mol. The highest BCUT2D eigenvalue weighted by atomic mass is 16.2. The lowest BCUT2D eigenvalue weighted by Gasteiger charge is -2.18. The van der Waals surface area contributed by atoms with Crippen LogP contribution in [0.1, 0.15) is 55.5 Å². The van der Waals surface area contributed by atoms with Crippen molar-refractivity contribution in [3.8, 4) is 12.3 Å². The monoisotopic (exact) mass is 419 g/mol. The first-order valence-electron chi connectivity index (χ1n) is 11.0. The third kappa shape index (κ3) is 4.91. The number of anilines is 2. The molecule has 0 bridgehead atoms. The zero-order valence-corrected chi connectivity index (χ0v) is 17.9. The van der Waals surface area contributed by atoms with E-state index < -0.39 is 0 Å². The topological polar surface area (TPSA) is 88.1 Å². The molecule has 1 amide bonds. The fourth-order valence-corrected chi connectivity index (χ4v) is 3.92. The Hall–Kier alpha value is -3.27. The molecule has 1 unspecified atom stereocenters. The van der Waals surface area contributed by atoms with Gasteiger partial charge in [-0.25, -0.2) is 4.98 Å². The first kappa shape index (κ1) is 21.0. The quantitative estimate of drug-likeness (QED) is 0.573. The molecule has 2 aromatic heterocycles. The molecule has 7 heteroatoms. The van der Waals surface area contributed by atoms with Gasteiger partial charge in [0, 0.05) is 12.2 Å². The van der Waals surface area contributed by atoms with Gasteiger partial charge >= 0.3 is 0 Å². The molecule has 162 valence electrons. The molecule has 0 spiro atoms. The van der Waals surface area contributed by atoms with Gasteiger partial charge in [-0.2, -0.15) is 0 Å². The fourth-order valence-electron chi connectivity index (χ4n) is 3.92. The summed E-state index contributed by atoms with van der Waals surface area (Å²) in [5, 5.41) is 9.36. The maximum Gasteiger partial charge on any atom is 0.274 e.